The minimum absolute atomic E-state index is 0.0190. The number of carbonyl (C=O) groups excluding carboxylic acids is 2. The number of ketones is 1. The molecule has 0 unspecified atom stereocenters. The van der Waals surface area contributed by atoms with Crippen molar-refractivity contribution in [2.24, 2.45) is 5.73 Å². The van der Waals surface area contributed by atoms with Crippen LogP contribution in [0.4, 0.5) is 5.69 Å². The molecule has 18 heavy (non-hydrogen) atoms. The van der Waals surface area contributed by atoms with E-state index in [0.29, 0.717) is 11.3 Å². The van der Waals surface area contributed by atoms with Crippen LogP contribution in [0, 0.1) is 0 Å². The summed E-state index contributed by atoms with van der Waals surface area (Å²) in [4.78, 5) is 23.4. The second-order valence-corrected chi connectivity index (χ2v) is 4.95. The number of hydrogen-bond acceptors (Lipinski definition) is 3. The summed E-state index contributed by atoms with van der Waals surface area (Å²) in [5, 5.41) is 2.80. The fraction of sp³-hybridized carbons (Fsp3) is 0.429. The zero-order valence-corrected chi connectivity index (χ0v) is 10.5. The zero-order chi connectivity index (χ0) is 13.2. The SMILES string of the molecule is CC(=O)c1cccc(NC(=O)C2(N)CCCC2)c1. The molecule has 1 aromatic rings. The van der Waals surface area contributed by atoms with Gasteiger partial charge in [0.15, 0.2) is 5.78 Å². The van der Waals surface area contributed by atoms with Crippen LogP contribution >= 0.6 is 0 Å². The Kier molecular flexibility index (Phi) is 3.48. The van der Waals surface area contributed by atoms with E-state index in [9.17, 15) is 9.59 Å². The Morgan fingerprint density at radius 3 is 2.56 bits per heavy atom. The summed E-state index contributed by atoms with van der Waals surface area (Å²) in [5.74, 6) is -0.171. The first-order chi connectivity index (χ1) is 8.51. The average Bonchev–Trinajstić information content (AvgIpc) is 2.78. The van der Waals surface area contributed by atoms with Gasteiger partial charge in [0.05, 0.1) is 5.54 Å². The molecule has 0 radical (unpaired) electrons. The predicted octanol–water partition coefficient (Wildman–Crippen LogP) is 2.10. The van der Waals surface area contributed by atoms with Gasteiger partial charge in [-0.2, -0.15) is 0 Å². The summed E-state index contributed by atoms with van der Waals surface area (Å²) in [6.07, 6.45) is 3.45. The van der Waals surface area contributed by atoms with Gasteiger partial charge in [-0.3, -0.25) is 9.59 Å². The number of nitrogens with two attached hydrogens (primary N) is 1. The first-order valence-corrected chi connectivity index (χ1v) is 6.23. The van der Waals surface area contributed by atoms with Crippen LogP contribution in [0.5, 0.6) is 0 Å². The van der Waals surface area contributed by atoms with Crippen LogP contribution in [-0.2, 0) is 4.79 Å². The molecule has 2 rings (SSSR count). The maximum atomic E-state index is 12.1. The number of carbonyl (C=O) groups is 2. The Labute approximate surface area is 107 Å². The van der Waals surface area contributed by atoms with Crippen molar-refractivity contribution in [1.29, 1.82) is 0 Å². The lowest BCUT2D eigenvalue weighted by Gasteiger charge is -2.22. The second kappa shape index (κ2) is 4.90. The molecule has 0 saturated heterocycles. The van der Waals surface area contributed by atoms with Crippen molar-refractivity contribution in [1.82, 2.24) is 0 Å². The third-order valence-corrected chi connectivity index (χ3v) is 3.47. The summed E-state index contributed by atoms with van der Waals surface area (Å²) in [6, 6.07) is 6.93. The Morgan fingerprint density at radius 2 is 1.94 bits per heavy atom. The van der Waals surface area contributed by atoms with Crippen LogP contribution in [0.15, 0.2) is 24.3 Å². The molecule has 1 amide bonds. The van der Waals surface area contributed by atoms with Gasteiger partial charge in [0.25, 0.3) is 0 Å². The quantitative estimate of drug-likeness (QED) is 0.802. The molecule has 0 aliphatic heterocycles. The normalized spacial score (nSPS) is 17.4. The van der Waals surface area contributed by atoms with Gasteiger partial charge in [0, 0.05) is 11.3 Å². The highest BCUT2D eigenvalue weighted by Crippen LogP contribution is 2.28. The van der Waals surface area contributed by atoms with Gasteiger partial charge in [-0.1, -0.05) is 25.0 Å². The molecule has 3 N–H and O–H groups in total. The fourth-order valence-corrected chi connectivity index (χ4v) is 2.30. The first kappa shape index (κ1) is 12.8. The van der Waals surface area contributed by atoms with Crippen LogP contribution in [0.2, 0.25) is 0 Å². The monoisotopic (exact) mass is 246 g/mol. The van der Waals surface area contributed by atoms with E-state index in [2.05, 4.69) is 5.32 Å². The van der Waals surface area contributed by atoms with Crippen LogP contribution in [0.1, 0.15) is 43.0 Å². The summed E-state index contributed by atoms with van der Waals surface area (Å²) in [6.45, 7) is 1.50. The maximum Gasteiger partial charge on any atom is 0.244 e. The number of rotatable bonds is 3. The molecule has 0 spiro atoms. The molecule has 96 valence electrons. The minimum atomic E-state index is -0.744. The van der Waals surface area contributed by atoms with E-state index in [4.69, 9.17) is 5.73 Å². The minimum Gasteiger partial charge on any atom is -0.324 e. The van der Waals surface area contributed by atoms with Crippen molar-refractivity contribution in [2.45, 2.75) is 38.1 Å². The third kappa shape index (κ3) is 2.59. The van der Waals surface area contributed by atoms with Crippen LogP contribution in [0.3, 0.4) is 0 Å². The molecule has 1 aliphatic carbocycles. The van der Waals surface area contributed by atoms with Crippen molar-refractivity contribution >= 4 is 17.4 Å². The zero-order valence-electron chi connectivity index (χ0n) is 10.5. The molecule has 0 bridgehead atoms. The molecule has 4 heteroatoms. The number of Topliss-reactive ketones (excluding diaryl/α,β-unsaturated/α-hetero) is 1. The highest BCUT2D eigenvalue weighted by molar-refractivity contribution is 6.00. The van der Waals surface area contributed by atoms with Crippen LogP contribution in [-0.4, -0.2) is 17.2 Å². The summed E-state index contributed by atoms with van der Waals surface area (Å²) in [7, 11) is 0. The smallest absolute Gasteiger partial charge is 0.244 e. The van der Waals surface area contributed by atoms with E-state index in [1.807, 2.05) is 0 Å². The van der Waals surface area contributed by atoms with Crippen molar-refractivity contribution < 1.29 is 9.59 Å². The Bertz CT molecular complexity index is 476. The van der Waals surface area contributed by atoms with Gasteiger partial charge in [-0.25, -0.2) is 0 Å². The van der Waals surface area contributed by atoms with Crippen molar-refractivity contribution in [2.75, 3.05) is 5.32 Å². The molecule has 1 fully saturated rings. The second-order valence-electron chi connectivity index (χ2n) is 4.95. The van der Waals surface area contributed by atoms with Gasteiger partial charge in [0.1, 0.15) is 0 Å². The molecule has 1 saturated carbocycles. The fourth-order valence-electron chi connectivity index (χ4n) is 2.30. The van der Waals surface area contributed by atoms with Crippen LogP contribution in [0.25, 0.3) is 0 Å². The molecular weight excluding hydrogens is 228 g/mol. The van der Waals surface area contributed by atoms with E-state index in [0.717, 1.165) is 25.7 Å². The topological polar surface area (TPSA) is 72.2 Å². The van der Waals surface area contributed by atoms with Gasteiger partial charge in [-0.15, -0.1) is 0 Å². The molecule has 1 aromatic carbocycles. The highest BCUT2D eigenvalue weighted by Gasteiger charge is 2.36. The van der Waals surface area contributed by atoms with E-state index in [1.165, 1.54) is 6.92 Å². The Morgan fingerprint density at radius 1 is 1.28 bits per heavy atom. The van der Waals surface area contributed by atoms with Crippen molar-refractivity contribution in [3.8, 4) is 0 Å². The molecule has 4 nitrogen and oxygen atoms in total. The summed E-state index contributed by atoms with van der Waals surface area (Å²) >= 11 is 0. The van der Waals surface area contributed by atoms with Gasteiger partial charge < -0.3 is 11.1 Å². The number of hydrogen-bond donors (Lipinski definition) is 2. The number of anilines is 1. The highest BCUT2D eigenvalue weighted by atomic mass is 16.2. The van der Waals surface area contributed by atoms with Crippen molar-refractivity contribution in [3.05, 3.63) is 29.8 Å². The molecule has 0 atom stereocenters. The Hall–Kier alpha value is -1.68. The molecule has 1 aliphatic rings. The maximum absolute atomic E-state index is 12.1. The number of amides is 1. The van der Waals surface area contributed by atoms with Gasteiger partial charge in [0.2, 0.25) is 5.91 Å². The lowest BCUT2D eigenvalue weighted by atomic mass is 9.98. The van der Waals surface area contributed by atoms with E-state index < -0.39 is 5.54 Å². The average molecular weight is 246 g/mol. The van der Waals surface area contributed by atoms with E-state index >= 15 is 0 Å². The van der Waals surface area contributed by atoms with Crippen LogP contribution < -0.4 is 11.1 Å². The summed E-state index contributed by atoms with van der Waals surface area (Å²) in [5.41, 5.74) is 6.54. The number of benzene rings is 1. The van der Waals surface area contributed by atoms with E-state index in [1.54, 1.807) is 24.3 Å². The standard InChI is InChI=1S/C14H18N2O2/c1-10(17)11-5-4-6-12(9-11)16-13(18)14(15)7-2-3-8-14/h4-6,9H,2-3,7-8,15H2,1H3,(H,16,18). The molecule has 0 aromatic heterocycles. The molecule has 0 heterocycles. The van der Waals surface area contributed by atoms with E-state index in [-0.39, 0.29) is 11.7 Å². The van der Waals surface area contributed by atoms with Gasteiger partial charge >= 0.3 is 0 Å². The third-order valence-electron chi connectivity index (χ3n) is 3.47. The largest absolute Gasteiger partial charge is 0.324 e. The molecular formula is C14H18N2O2. The van der Waals surface area contributed by atoms with Crippen molar-refractivity contribution in [3.63, 3.8) is 0 Å². The lowest BCUT2D eigenvalue weighted by molar-refractivity contribution is -0.121. The lowest BCUT2D eigenvalue weighted by Crippen LogP contribution is -2.48. The predicted molar refractivity (Wildman–Crippen MR) is 70.5 cm³/mol. The van der Waals surface area contributed by atoms with Gasteiger partial charge in [-0.05, 0) is 31.9 Å². The number of nitrogens with one attached hydrogen (secondary N) is 1. The Balaban J connectivity index is 2.11. The first-order valence-electron chi connectivity index (χ1n) is 6.23. The summed E-state index contributed by atoms with van der Waals surface area (Å²) < 4.78 is 0.